The maximum absolute atomic E-state index is 11.9. The fraction of sp³-hybridized carbons (Fsp3) is 0.643. The third-order valence-electron chi connectivity index (χ3n) is 3.40. The van der Waals surface area contributed by atoms with Crippen LogP contribution in [0.15, 0.2) is 12.1 Å². The molecule has 0 unspecified atom stereocenters. The number of rotatable bonds is 2. The number of amides is 1. The monoisotopic (exact) mass is 277 g/mol. The van der Waals surface area contributed by atoms with E-state index in [4.69, 9.17) is 0 Å². The van der Waals surface area contributed by atoms with Gasteiger partial charge in [0.05, 0.1) is 0 Å². The molecule has 1 aromatic heterocycles. The quantitative estimate of drug-likeness (QED) is 0.880. The molecule has 1 amide bonds. The van der Waals surface area contributed by atoms with E-state index in [0.717, 1.165) is 32.0 Å². The van der Waals surface area contributed by atoms with Gasteiger partial charge >= 0.3 is 0 Å². The second-order valence-electron chi connectivity index (χ2n) is 6.27. The molecule has 1 aromatic rings. The molecule has 1 N–H and O–H groups in total. The van der Waals surface area contributed by atoms with Crippen molar-refractivity contribution in [2.45, 2.75) is 20.8 Å². The lowest BCUT2D eigenvalue weighted by Gasteiger charge is -2.32. The SMILES string of the molecule is CN1CCN(c2ccc(NC(=O)C(C)(C)C)nn2)CC1. The lowest BCUT2D eigenvalue weighted by molar-refractivity contribution is -0.123. The first-order valence-electron chi connectivity index (χ1n) is 6.95. The van der Waals surface area contributed by atoms with Crippen molar-refractivity contribution in [3.05, 3.63) is 12.1 Å². The second-order valence-corrected chi connectivity index (χ2v) is 6.27. The summed E-state index contributed by atoms with van der Waals surface area (Å²) < 4.78 is 0. The van der Waals surface area contributed by atoms with Crippen LogP contribution in [-0.4, -0.2) is 54.2 Å². The zero-order valence-electron chi connectivity index (χ0n) is 12.7. The van der Waals surface area contributed by atoms with Crippen LogP contribution >= 0.6 is 0 Å². The van der Waals surface area contributed by atoms with Crippen molar-refractivity contribution in [2.24, 2.45) is 5.41 Å². The van der Waals surface area contributed by atoms with Crippen LogP contribution in [0, 0.1) is 5.41 Å². The number of anilines is 2. The number of hydrogen-bond acceptors (Lipinski definition) is 5. The Balaban J connectivity index is 1.98. The van der Waals surface area contributed by atoms with Crippen LogP contribution in [0.1, 0.15) is 20.8 Å². The summed E-state index contributed by atoms with van der Waals surface area (Å²) in [6.45, 7) is 9.59. The number of carbonyl (C=O) groups is 1. The fourth-order valence-corrected chi connectivity index (χ4v) is 1.90. The van der Waals surface area contributed by atoms with E-state index in [1.807, 2.05) is 32.9 Å². The lowest BCUT2D eigenvalue weighted by atomic mass is 9.96. The molecule has 1 aliphatic rings. The van der Waals surface area contributed by atoms with Crippen LogP contribution in [0.25, 0.3) is 0 Å². The zero-order chi connectivity index (χ0) is 14.8. The van der Waals surface area contributed by atoms with Gasteiger partial charge in [-0.05, 0) is 19.2 Å². The normalized spacial score (nSPS) is 17.1. The van der Waals surface area contributed by atoms with Crippen molar-refractivity contribution in [3.63, 3.8) is 0 Å². The van der Waals surface area contributed by atoms with Gasteiger partial charge in [0.2, 0.25) is 5.91 Å². The predicted octanol–water partition coefficient (Wildman–Crippen LogP) is 1.21. The van der Waals surface area contributed by atoms with Gasteiger partial charge in [0.1, 0.15) is 0 Å². The molecule has 0 aromatic carbocycles. The molecule has 2 rings (SSSR count). The highest BCUT2D eigenvalue weighted by Crippen LogP contribution is 2.17. The van der Waals surface area contributed by atoms with Gasteiger partial charge in [-0.15, -0.1) is 10.2 Å². The van der Waals surface area contributed by atoms with Crippen molar-refractivity contribution in [3.8, 4) is 0 Å². The molecule has 20 heavy (non-hydrogen) atoms. The van der Waals surface area contributed by atoms with Gasteiger partial charge in [-0.3, -0.25) is 4.79 Å². The van der Waals surface area contributed by atoms with Crippen LogP contribution in [0.5, 0.6) is 0 Å². The molecule has 0 saturated carbocycles. The minimum Gasteiger partial charge on any atom is -0.353 e. The van der Waals surface area contributed by atoms with E-state index >= 15 is 0 Å². The van der Waals surface area contributed by atoms with Crippen LogP contribution in [0.4, 0.5) is 11.6 Å². The van der Waals surface area contributed by atoms with Gasteiger partial charge in [-0.25, -0.2) is 0 Å². The third-order valence-corrected chi connectivity index (χ3v) is 3.40. The Labute approximate surface area is 120 Å². The molecule has 1 fully saturated rings. The summed E-state index contributed by atoms with van der Waals surface area (Å²) in [4.78, 5) is 16.4. The fourth-order valence-electron chi connectivity index (χ4n) is 1.90. The Morgan fingerprint density at radius 1 is 1.15 bits per heavy atom. The summed E-state index contributed by atoms with van der Waals surface area (Å²) in [7, 11) is 2.12. The number of carbonyl (C=O) groups excluding carboxylic acids is 1. The van der Waals surface area contributed by atoms with Gasteiger partial charge in [0.15, 0.2) is 11.6 Å². The molecule has 6 heteroatoms. The van der Waals surface area contributed by atoms with Crippen molar-refractivity contribution in [1.82, 2.24) is 15.1 Å². The molecular formula is C14H23N5O. The molecule has 1 saturated heterocycles. The van der Waals surface area contributed by atoms with Crippen LogP contribution in [0.2, 0.25) is 0 Å². The van der Waals surface area contributed by atoms with E-state index in [0.29, 0.717) is 5.82 Å². The Kier molecular flexibility index (Phi) is 4.23. The zero-order valence-corrected chi connectivity index (χ0v) is 12.7. The number of nitrogens with one attached hydrogen (secondary N) is 1. The summed E-state index contributed by atoms with van der Waals surface area (Å²) in [5.41, 5.74) is -0.433. The average molecular weight is 277 g/mol. The van der Waals surface area contributed by atoms with E-state index < -0.39 is 5.41 Å². The highest BCUT2D eigenvalue weighted by molar-refractivity contribution is 5.93. The molecule has 0 radical (unpaired) electrons. The molecule has 0 bridgehead atoms. The van der Waals surface area contributed by atoms with Crippen LogP contribution in [-0.2, 0) is 4.79 Å². The summed E-state index contributed by atoms with van der Waals surface area (Å²) in [6, 6.07) is 3.72. The number of likely N-dealkylation sites (N-methyl/N-ethyl adjacent to an activating group) is 1. The van der Waals surface area contributed by atoms with Gasteiger partial charge in [0.25, 0.3) is 0 Å². The van der Waals surface area contributed by atoms with E-state index in [1.54, 1.807) is 0 Å². The second kappa shape index (κ2) is 5.75. The Morgan fingerprint density at radius 2 is 1.80 bits per heavy atom. The van der Waals surface area contributed by atoms with Gasteiger partial charge in [-0.2, -0.15) is 0 Å². The van der Waals surface area contributed by atoms with E-state index in [-0.39, 0.29) is 5.91 Å². The third kappa shape index (κ3) is 3.66. The summed E-state index contributed by atoms with van der Waals surface area (Å²) in [5.74, 6) is 1.31. The summed E-state index contributed by atoms with van der Waals surface area (Å²) >= 11 is 0. The minimum absolute atomic E-state index is 0.0563. The predicted molar refractivity (Wildman–Crippen MR) is 79.8 cm³/mol. The van der Waals surface area contributed by atoms with Crippen molar-refractivity contribution in [2.75, 3.05) is 43.4 Å². The Bertz CT molecular complexity index is 457. The molecule has 0 atom stereocenters. The Morgan fingerprint density at radius 3 is 2.30 bits per heavy atom. The standard InChI is InChI=1S/C14H23N5O/c1-14(2,3)13(20)15-11-5-6-12(17-16-11)19-9-7-18(4)8-10-19/h5-6H,7-10H2,1-4H3,(H,15,16,20). The number of nitrogens with zero attached hydrogens (tertiary/aromatic N) is 4. The van der Waals surface area contributed by atoms with Gasteiger partial charge in [-0.1, -0.05) is 20.8 Å². The molecule has 110 valence electrons. The largest absolute Gasteiger partial charge is 0.353 e. The highest BCUT2D eigenvalue weighted by atomic mass is 16.2. The van der Waals surface area contributed by atoms with Gasteiger partial charge in [0, 0.05) is 31.6 Å². The number of aromatic nitrogens is 2. The number of piperazine rings is 1. The van der Waals surface area contributed by atoms with Crippen LogP contribution < -0.4 is 10.2 Å². The molecule has 1 aliphatic heterocycles. The van der Waals surface area contributed by atoms with E-state index in [2.05, 4.69) is 32.4 Å². The number of hydrogen-bond donors (Lipinski definition) is 1. The summed E-state index contributed by atoms with van der Waals surface area (Å²) in [6.07, 6.45) is 0. The average Bonchev–Trinajstić information content (AvgIpc) is 2.39. The van der Waals surface area contributed by atoms with E-state index in [9.17, 15) is 4.79 Å². The lowest BCUT2D eigenvalue weighted by Crippen LogP contribution is -2.44. The first kappa shape index (κ1) is 14.7. The Hall–Kier alpha value is -1.69. The molecule has 6 nitrogen and oxygen atoms in total. The van der Waals surface area contributed by atoms with Crippen molar-refractivity contribution in [1.29, 1.82) is 0 Å². The molecule has 0 aliphatic carbocycles. The molecule has 2 heterocycles. The first-order chi connectivity index (χ1) is 9.36. The topological polar surface area (TPSA) is 61.4 Å². The van der Waals surface area contributed by atoms with Gasteiger partial charge < -0.3 is 15.1 Å². The van der Waals surface area contributed by atoms with E-state index in [1.165, 1.54) is 0 Å². The smallest absolute Gasteiger partial charge is 0.230 e. The van der Waals surface area contributed by atoms with Crippen molar-refractivity contribution < 1.29 is 4.79 Å². The molecular weight excluding hydrogens is 254 g/mol. The first-order valence-corrected chi connectivity index (χ1v) is 6.95. The molecule has 0 spiro atoms. The maximum atomic E-state index is 11.9. The minimum atomic E-state index is -0.433. The van der Waals surface area contributed by atoms with Crippen molar-refractivity contribution >= 4 is 17.5 Å². The highest BCUT2D eigenvalue weighted by Gasteiger charge is 2.22. The maximum Gasteiger partial charge on any atom is 0.230 e. The summed E-state index contributed by atoms with van der Waals surface area (Å²) in [5, 5.41) is 11.1. The van der Waals surface area contributed by atoms with Crippen LogP contribution in [0.3, 0.4) is 0 Å².